The van der Waals surface area contributed by atoms with E-state index in [2.05, 4.69) is 4.98 Å². The van der Waals surface area contributed by atoms with Crippen LogP contribution in [0.15, 0.2) is 4.21 Å². The second-order valence-corrected chi connectivity index (χ2v) is 7.10. The monoisotopic (exact) mass is 219 g/mol. The Kier molecular flexibility index (Phi) is 2.77. The zero-order valence-corrected chi connectivity index (χ0v) is 9.79. The van der Waals surface area contributed by atoms with E-state index in [4.69, 9.17) is 0 Å². The highest BCUT2D eigenvalue weighted by Crippen LogP contribution is 2.26. The lowest BCUT2D eigenvalue weighted by Gasteiger charge is -2.04. The molecule has 5 heteroatoms. The summed E-state index contributed by atoms with van der Waals surface area (Å²) >= 11 is 1.25. The predicted molar refractivity (Wildman–Crippen MR) is 53.9 cm³/mol. The summed E-state index contributed by atoms with van der Waals surface area (Å²) in [5.41, 5.74) is 0.621. The van der Waals surface area contributed by atoms with E-state index in [9.17, 15) is 8.42 Å². The number of aryl methyl sites for hydroxylation is 2. The fourth-order valence-electron chi connectivity index (χ4n) is 0.991. The van der Waals surface area contributed by atoms with Gasteiger partial charge in [-0.05, 0) is 27.7 Å². The quantitative estimate of drug-likeness (QED) is 0.763. The van der Waals surface area contributed by atoms with Gasteiger partial charge in [0.05, 0.1) is 16.0 Å². The topological polar surface area (TPSA) is 47.0 Å². The number of hydrogen-bond donors (Lipinski definition) is 0. The number of nitrogens with zero attached hydrogens (tertiary/aromatic N) is 1. The maximum atomic E-state index is 11.7. The maximum Gasteiger partial charge on any atom is 0.191 e. The van der Waals surface area contributed by atoms with E-state index < -0.39 is 9.84 Å². The van der Waals surface area contributed by atoms with Crippen LogP contribution in [0.3, 0.4) is 0 Å². The third-order valence-electron chi connectivity index (χ3n) is 1.74. The van der Waals surface area contributed by atoms with Crippen molar-refractivity contribution in [3.63, 3.8) is 0 Å². The molecule has 0 amide bonds. The van der Waals surface area contributed by atoms with Gasteiger partial charge in [-0.2, -0.15) is 0 Å². The molecule has 0 spiro atoms. The fourth-order valence-corrected chi connectivity index (χ4v) is 3.92. The van der Waals surface area contributed by atoms with E-state index in [1.165, 1.54) is 11.3 Å². The van der Waals surface area contributed by atoms with E-state index in [-0.39, 0.29) is 5.25 Å². The van der Waals surface area contributed by atoms with Crippen molar-refractivity contribution in [2.45, 2.75) is 37.2 Å². The van der Waals surface area contributed by atoms with Crippen LogP contribution >= 0.6 is 11.3 Å². The minimum Gasteiger partial charge on any atom is -0.245 e. The summed E-state index contributed by atoms with van der Waals surface area (Å²) in [6, 6.07) is 0. The Morgan fingerprint density at radius 3 is 2.15 bits per heavy atom. The molecule has 1 aromatic heterocycles. The maximum absolute atomic E-state index is 11.7. The Bertz CT molecular complexity index is 404. The molecule has 0 bridgehead atoms. The highest BCUT2D eigenvalue weighted by atomic mass is 32.2. The summed E-state index contributed by atoms with van der Waals surface area (Å²) in [5.74, 6) is 0. The van der Waals surface area contributed by atoms with Crippen LogP contribution in [0.25, 0.3) is 0 Å². The summed E-state index contributed by atoms with van der Waals surface area (Å²) in [4.78, 5) is 4.10. The van der Waals surface area contributed by atoms with E-state index >= 15 is 0 Å². The van der Waals surface area contributed by atoms with Gasteiger partial charge in [0.1, 0.15) is 4.21 Å². The molecule has 74 valence electrons. The van der Waals surface area contributed by atoms with E-state index in [0.29, 0.717) is 9.90 Å². The molecule has 0 radical (unpaired) electrons. The van der Waals surface area contributed by atoms with Crippen LogP contribution in [-0.4, -0.2) is 18.7 Å². The first-order chi connectivity index (χ1) is 5.85. The van der Waals surface area contributed by atoms with Crippen molar-refractivity contribution in [2.75, 3.05) is 0 Å². The molecule has 0 saturated heterocycles. The number of hydrogen-bond acceptors (Lipinski definition) is 4. The number of aromatic nitrogens is 1. The van der Waals surface area contributed by atoms with Crippen molar-refractivity contribution in [1.29, 1.82) is 0 Å². The molecular weight excluding hydrogens is 206 g/mol. The Morgan fingerprint density at radius 1 is 1.31 bits per heavy atom. The SMILES string of the molecule is Cc1nc(C)c(S(=O)(=O)C(C)C)s1. The lowest BCUT2D eigenvalue weighted by atomic mass is 10.6. The van der Waals surface area contributed by atoms with Gasteiger partial charge in [0.2, 0.25) is 0 Å². The lowest BCUT2D eigenvalue weighted by Crippen LogP contribution is -2.13. The first-order valence-corrected chi connectivity index (χ1v) is 6.40. The Hall–Kier alpha value is -0.420. The van der Waals surface area contributed by atoms with Crippen molar-refractivity contribution >= 4 is 21.2 Å². The Labute approximate surface area is 82.7 Å². The van der Waals surface area contributed by atoms with Crippen LogP contribution < -0.4 is 0 Å². The fraction of sp³-hybridized carbons (Fsp3) is 0.625. The normalized spacial score (nSPS) is 12.4. The zero-order chi connectivity index (χ0) is 10.2. The molecule has 0 saturated carbocycles. The summed E-state index contributed by atoms with van der Waals surface area (Å²) < 4.78 is 23.9. The van der Waals surface area contributed by atoms with E-state index in [0.717, 1.165) is 5.01 Å². The standard InChI is InChI=1S/C8H13NO2S2/c1-5(2)13(10,11)8-6(3)9-7(4)12-8/h5H,1-4H3. The zero-order valence-electron chi connectivity index (χ0n) is 8.16. The highest BCUT2D eigenvalue weighted by molar-refractivity contribution is 7.94. The summed E-state index contributed by atoms with van der Waals surface area (Å²) in [7, 11) is -3.13. The molecule has 0 aromatic carbocycles. The second kappa shape index (κ2) is 3.38. The molecule has 0 aliphatic rings. The van der Waals surface area contributed by atoms with Crippen molar-refractivity contribution in [2.24, 2.45) is 0 Å². The van der Waals surface area contributed by atoms with Crippen LogP contribution in [0.5, 0.6) is 0 Å². The lowest BCUT2D eigenvalue weighted by molar-refractivity contribution is 0.588. The smallest absolute Gasteiger partial charge is 0.191 e. The average molecular weight is 219 g/mol. The molecule has 0 N–H and O–H groups in total. The average Bonchev–Trinajstić information content (AvgIpc) is 2.30. The molecular formula is C8H13NO2S2. The van der Waals surface area contributed by atoms with Gasteiger partial charge in [-0.15, -0.1) is 11.3 Å². The van der Waals surface area contributed by atoms with Crippen LogP contribution in [0.1, 0.15) is 24.5 Å². The summed E-state index contributed by atoms with van der Waals surface area (Å²) in [5, 5.41) is 0.433. The van der Waals surface area contributed by atoms with Gasteiger partial charge in [0, 0.05) is 0 Å². The first kappa shape index (κ1) is 10.7. The largest absolute Gasteiger partial charge is 0.245 e. The van der Waals surface area contributed by atoms with Gasteiger partial charge in [0.15, 0.2) is 9.84 Å². The van der Waals surface area contributed by atoms with Crippen LogP contribution in [0.2, 0.25) is 0 Å². The third-order valence-corrected chi connectivity index (χ3v) is 5.61. The van der Waals surface area contributed by atoms with Crippen molar-refractivity contribution in [1.82, 2.24) is 4.98 Å². The van der Waals surface area contributed by atoms with Gasteiger partial charge >= 0.3 is 0 Å². The molecule has 0 aliphatic carbocycles. The second-order valence-electron chi connectivity index (χ2n) is 3.20. The summed E-state index contributed by atoms with van der Waals surface area (Å²) in [6.07, 6.45) is 0. The molecule has 13 heavy (non-hydrogen) atoms. The molecule has 0 fully saturated rings. The molecule has 1 rings (SSSR count). The minimum absolute atomic E-state index is 0.369. The number of sulfone groups is 1. The van der Waals surface area contributed by atoms with Crippen molar-refractivity contribution < 1.29 is 8.42 Å². The number of rotatable bonds is 2. The van der Waals surface area contributed by atoms with Gasteiger partial charge in [-0.3, -0.25) is 0 Å². The van der Waals surface area contributed by atoms with Gasteiger partial charge < -0.3 is 0 Å². The Balaban J connectivity index is 3.31. The highest BCUT2D eigenvalue weighted by Gasteiger charge is 2.24. The first-order valence-electron chi connectivity index (χ1n) is 4.03. The molecule has 0 unspecified atom stereocenters. The van der Waals surface area contributed by atoms with Crippen molar-refractivity contribution in [3.8, 4) is 0 Å². The van der Waals surface area contributed by atoms with E-state index in [1.54, 1.807) is 20.8 Å². The van der Waals surface area contributed by atoms with Crippen LogP contribution in [0.4, 0.5) is 0 Å². The van der Waals surface area contributed by atoms with Crippen LogP contribution in [0, 0.1) is 13.8 Å². The van der Waals surface area contributed by atoms with Crippen LogP contribution in [-0.2, 0) is 9.84 Å². The number of thiazole rings is 1. The molecule has 0 atom stereocenters. The van der Waals surface area contributed by atoms with E-state index in [1.807, 2.05) is 6.92 Å². The summed E-state index contributed by atoms with van der Waals surface area (Å²) in [6.45, 7) is 6.92. The van der Waals surface area contributed by atoms with Crippen molar-refractivity contribution in [3.05, 3.63) is 10.7 Å². The van der Waals surface area contributed by atoms with Gasteiger partial charge in [0.25, 0.3) is 0 Å². The van der Waals surface area contributed by atoms with Gasteiger partial charge in [-0.25, -0.2) is 13.4 Å². The molecule has 3 nitrogen and oxygen atoms in total. The molecule has 1 heterocycles. The predicted octanol–water partition coefficient (Wildman–Crippen LogP) is 1.94. The molecule has 0 aliphatic heterocycles. The van der Waals surface area contributed by atoms with Gasteiger partial charge in [-0.1, -0.05) is 0 Å². The Morgan fingerprint density at radius 2 is 1.85 bits per heavy atom. The molecule has 1 aromatic rings. The minimum atomic E-state index is -3.13. The third kappa shape index (κ3) is 1.91.